The fraction of sp³-hybridized carbons (Fsp3) is 0.294. The van der Waals surface area contributed by atoms with Crippen LogP contribution in [0.2, 0.25) is 0 Å². The average molecular weight is 289 g/mol. The van der Waals surface area contributed by atoms with Crippen molar-refractivity contribution in [3.8, 4) is 5.75 Å². The van der Waals surface area contributed by atoms with E-state index in [0.717, 1.165) is 5.56 Å². The number of halogens is 1. The Bertz CT molecular complexity index is 597. The van der Waals surface area contributed by atoms with Gasteiger partial charge in [-0.25, -0.2) is 4.39 Å². The first-order chi connectivity index (χ1) is 9.90. The maximum atomic E-state index is 13.9. The summed E-state index contributed by atoms with van der Waals surface area (Å²) < 4.78 is 19.4. The summed E-state index contributed by atoms with van der Waals surface area (Å²) in [7, 11) is 0. The molecule has 2 aromatic rings. The van der Waals surface area contributed by atoms with E-state index in [4.69, 9.17) is 10.5 Å². The van der Waals surface area contributed by atoms with Crippen LogP contribution in [0.4, 0.5) is 4.39 Å². The molecule has 2 aromatic carbocycles. The minimum atomic E-state index is -1.19. The third-order valence-electron chi connectivity index (χ3n) is 3.39. The van der Waals surface area contributed by atoms with Crippen LogP contribution in [0.5, 0.6) is 5.75 Å². The monoisotopic (exact) mass is 289 g/mol. The Morgan fingerprint density at radius 2 is 1.90 bits per heavy atom. The highest BCUT2D eigenvalue weighted by Gasteiger charge is 2.24. The van der Waals surface area contributed by atoms with Crippen LogP contribution in [0.15, 0.2) is 48.5 Å². The molecule has 3 nitrogen and oxygen atoms in total. The van der Waals surface area contributed by atoms with Gasteiger partial charge in [0, 0.05) is 6.04 Å². The zero-order valence-corrected chi connectivity index (χ0v) is 12.2. The zero-order chi connectivity index (χ0) is 15.5. The van der Waals surface area contributed by atoms with E-state index < -0.39 is 11.4 Å². The molecule has 0 heterocycles. The lowest BCUT2D eigenvalue weighted by Crippen LogP contribution is -2.29. The lowest BCUT2D eigenvalue weighted by atomic mass is 9.97. The van der Waals surface area contributed by atoms with Gasteiger partial charge in [0.05, 0.1) is 0 Å². The molecule has 0 fully saturated rings. The number of rotatable bonds is 5. The molecule has 0 aliphatic carbocycles. The van der Waals surface area contributed by atoms with Crippen molar-refractivity contribution < 1.29 is 14.2 Å². The number of benzene rings is 2. The van der Waals surface area contributed by atoms with Crippen molar-refractivity contribution in [1.82, 2.24) is 0 Å². The Labute approximate surface area is 124 Å². The Morgan fingerprint density at radius 3 is 2.48 bits per heavy atom. The summed E-state index contributed by atoms with van der Waals surface area (Å²) >= 11 is 0. The zero-order valence-electron chi connectivity index (χ0n) is 12.2. The molecule has 0 aliphatic heterocycles. The van der Waals surface area contributed by atoms with Crippen LogP contribution in [0.25, 0.3) is 0 Å². The second-order valence-corrected chi connectivity index (χ2v) is 5.41. The van der Waals surface area contributed by atoms with E-state index in [9.17, 15) is 9.50 Å². The molecule has 112 valence electrons. The van der Waals surface area contributed by atoms with E-state index in [-0.39, 0.29) is 18.4 Å². The van der Waals surface area contributed by atoms with Gasteiger partial charge in [-0.05, 0) is 37.1 Å². The number of nitrogens with two attached hydrogens (primary N) is 1. The van der Waals surface area contributed by atoms with E-state index >= 15 is 0 Å². The number of hydrogen-bond acceptors (Lipinski definition) is 3. The summed E-state index contributed by atoms with van der Waals surface area (Å²) in [5, 5.41) is 10.4. The van der Waals surface area contributed by atoms with Crippen molar-refractivity contribution in [3.05, 3.63) is 65.5 Å². The molecular formula is C17H20FNO2. The topological polar surface area (TPSA) is 55.5 Å². The highest BCUT2D eigenvalue weighted by Crippen LogP contribution is 2.25. The number of hydrogen-bond donors (Lipinski definition) is 2. The first-order valence-electron chi connectivity index (χ1n) is 6.86. The molecule has 21 heavy (non-hydrogen) atoms. The molecular weight excluding hydrogens is 269 g/mol. The van der Waals surface area contributed by atoms with Crippen LogP contribution in [0.3, 0.4) is 0 Å². The van der Waals surface area contributed by atoms with Crippen LogP contribution < -0.4 is 10.5 Å². The summed E-state index contributed by atoms with van der Waals surface area (Å²) in [6.07, 6.45) is 0. The van der Waals surface area contributed by atoms with Gasteiger partial charge in [0.1, 0.15) is 12.2 Å². The van der Waals surface area contributed by atoms with E-state index in [0.29, 0.717) is 5.56 Å². The van der Waals surface area contributed by atoms with Crippen LogP contribution >= 0.6 is 0 Å². The van der Waals surface area contributed by atoms with Crippen molar-refractivity contribution >= 4 is 0 Å². The van der Waals surface area contributed by atoms with E-state index in [1.54, 1.807) is 32.0 Å². The Kier molecular flexibility index (Phi) is 4.60. The van der Waals surface area contributed by atoms with Crippen molar-refractivity contribution in [3.63, 3.8) is 0 Å². The van der Waals surface area contributed by atoms with Gasteiger partial charge in [0.25, 0.3) is 0 Å². The normalized spacial score (nSPS) is 15.3. The summed E-state index contributed by atoms with van der Waals surface area (Å²) in [4.78, 5) is 0. The third-order valence-corrected chi connectivity index (χ3v) is 3.39. The minimum absolute atomic E-state index is 0.0363. The van der Waals surface area contributed by atoms with Gasteiger partial charge in [0.2, 0.25) is 0 Å². The quantitative estimate of drug-likeness (QED) is 0.889. The van der Waals surface area contributed by atoms with Gasteiger partial charge in [-0.15, -0.1) is 0 Å². The van der Waals surface area contributed by atoms with Gasteiger partial charge in [-0.2, -0.15) is 0 Å². The first kappa shape index (κ1) is 15.5. The van der Waals surface area contributed by atoms with Crippen molar-refractivity contribution in [2.24, 2.45) is 5.73 Å². The van der Waals surface area contributed by atoms with Crippen LogP contribution in [-0.4, -0.2) is 11.7 Å². The van der Waals surface area contributed by atoms with Gasteiger partial charge in [0.15, 0.2) is 11.6 Å². The molecule has 0 saturated carbocycles. The maximum absolute atomic E-state index is 13.9. The molecule has 0 spiro atoms. The smallest absolute Gasteiger partial charge is 0.165 e. The largest absolute Gasteiger partial charge is 0.487 e. The lowest BCUT2D eigenvalue weighted by molar-refractivity contribution is 0.00642. The molecule has 0 saturated heterocycles. The molecule has 1 unspecified atom stereocenters. The predicted octanol–water partition coefficient (Wildman–Crippen LogP) is 3.13. The molecule has 0 amide bonds. The number of ether oxygens (including phenoxy) is 1. The van der Waals surface area contributed by atoms with Gasteiger partial charge >= 0.3 is 0 Å². The summed E-state index contributed by atoms with van der Waals surface area (Å²) in [6.45, 7) is 3.39. The standard InChI is InChI=1S/C17H20FNO2/c1-12(19)13-8-9-16(15(18)10-13)21-11-17(2,20)14-6-4-3-5-7-14/h3-10,12,20H,11,19H2,1-2H3/t12-,17?/m0/s1. The lowest BCUT2D eigenvalue weighted by Gasteiger charge is -2.24. The average Bonchev–Trinajstić information content (AvgIpc) is 2.46. The van der Waals surface area contributed by atoms with Crippen LogP contribution in [0.1, 0.15) is 31.0 Å². The van der Waals surface area contributed by atoms with E-state index in [1.165, 1.54) is 12.1 Å². The maximum Gasteiger partial charge on any atom is 0.165 e. The Morgan fingerprint density at radius 1 is 1.24 bits per heavy atom. The van der Waals surface area contributed by atoms with Gasteiger partial charge in [-0.3, -0.25) is 0 Å². The summed E-state index contributed by atoms with van der Waals surface area (Å²) in [5.41, 5.74) is 5.94. The van der Waals surface area contributed by atoms with Gasteiger partial charge in [-0.1, -0.05) is 36.4 Å². The van der Waals surface area contributed by atoms with Crippen molar-refractivity contribution in [1.29, 1.82) is 0 Å². The molecule has 0 radical (unpaired) electrons. The van der Waals surface area contributed by atoms with Crippen LogP contribution in [0, 0.1) is 5.82 Å². The minimum Gasteiger partial charge on any atom is -0.487 e. The number of aliphatic hydroxyl groups is 1. The Balaban J connectivity index is 2.09. The van der Waals surface area contributed by atoms with Crippen LogP contribution in [-0.2, 0) is 5.60 Å². The van der Waals surface area contributed by atoms with E-state index in [1.807, 2.05) is 18.2 Å². The molecule has 0 bridgehead atoms. The fourth-order valence-corrected chi connectivity index (χ4v) is 2.02. The summed E-state index contributed by atoms with van der Waals surface area (Å²) in [6, 6.07) is 13.5. The summed E-state index contributed by atoms with van der Waals surface area (Å²) in [5.74, 6) is -0.371. The second kappa shape index (κ2) is 6.24. The first-order valence-corrected chi connectivity index (χ1v) is 6.86. The third kappa shape index (κ3) is 3.80. The van der Waals surface area contributed by atoms with Crippen molar-refractivity contribution in [2.45, 2.75) is 25.5 Å². The fourth-order valence-electron chi connectivity index (χ4n) is 2.02. The molecule has 0 aliphatic rings. The molecule has 2 atom stereocenters. The second-order valence-electron chi connectivity index (χ2n) is 5.41. The molecule has 3 N–H and O–H groups in total. The molecule has 0 aromatic heterocycles. The SMILES string of the molecule is C[C@H](N)c1ccc(OCC(C)(O)c2ccccc2)c(F)c1. The highest BCUT2D eigenvalue weighted by atomic mass is 19.1. The van der Waals surface area contributed by atoms with E-state index in [2.05, 4.69) is 0 Å². The Hall–Kier alpha value is -1.91. The molecule has 4 heteroatoms. The van der Waals surface area contributed by atoms with Gasteiger partial charge < -0.3 is 15.6 Å². The van der Waals surface area contributed by atoms with Crippen molar-refractivity contribution in [2.75, 3.05) is 6.61 Å². The highest BCUT2D eigenvalue weighted by molar-refractivity contribution is 5.31. The molecule has 2 rings (SSSR count). The predicted molar refractivity (Wildman–Crippen MR) is 80.5 cm³/mol.